The van der Waals surface area contributed by atoms with E-state index in [1.54, 1.807) is 19.2 Å². The normalized spacial score (nSPS) is 17.4. The van der Waals surface area contributed by atoms with Crippen molar-refractivity contribution in [3.8, 4) is 0 Å². The molecule has 0 aliphatic carbocycles. The van der Waals surface area contributed by atoms with Gasteiger partial charge in [0.2, 0.25) is 0 Å². The van der Waals surface area contributed by atoms with E-state index < -0.39 is 0 Å². The molecule has 2 aromatic carbocycles. The second-order valence-corrected chi connectivity index (χ2v) is 8.06. The highest BCUT2D eigenvalue weighted by atomic mass is 19.1. The van der Waals surface area contributed by atoms with Crippen molar-refractivity contribution in [3.05, 3.63) is 71.5 Å². The molecular formula is C24H33FN4O. The van der Waals surface area contributed by atoms with E-state index in [4.69, 9.17) is 4.74 Å². The molecule has 0 aromatic heterocycles. The second-order valence-electron chi connectivity index (χ2n) is 8.06. The molecule has 1 atom stereocenters. The Morgan fingerprint density at radius 2 is 1.90 bits per heavy atom. The van der Waals surface area contributed by atoms with Crippen molar-refractivity contribution in [2.24, 2.45) is 4.99 Å². The first kappa shape index (κ1) is 22.2. The molecule has 5 nitrogen and oxygen atoms in total. The fourth-order valence-electron chi connectivity index (χ4n) is 4.04. The first-order valence-corrected chi connectivity index (χ1v) is 10.6. The lowest BCUT2D eigenvalue weighted by molar-refractivity contribution is 0.0353. The number of nitrogens with zero attached hydrogens (tertiary/aromatic N) is 2. The second kappa shape index (κ2) is 10.5. The molecule has 0 spiro atoms. The van der Waals surface area contributed by atoms with Crippen molar-refractivity contribution in [1.82, 2.24) is 15.5 Å². The van der Waals surface area contributed by atoms with Crippen LogP contribution in [0.3, 0.4) is 0 Å². The molecule has 1 aliphatic heterocycles. The number of ether oxygens (including phenoxy) is 1. The number of rotatable bonds is 7. The van der Waals surface area contributed by atoms with Crippen LogP contribution in [0.2, 0.25) is 0 Å². The van der Waals surface area contributed by atoms with Crippen molar-refractivity contribution in [2.45, 2.75) is 37.9 Å². The number of guanidine groups is 1. The maximum absolute atomic E-state index is 13.5. The standard InChI is InChI=1S/C24H33FN4O/c1-19(21-9-5-4-6-10-21)28-24(12-14-30-15-13-24)18-27-23(26-2)29(3)17-20-8-7-11-22(25)16-20/h4-11,16,19,28H,12-15,17-18H2,1-3H3,(H,26,27). The zero-order valence-corrected chi connectivity index (χ0v) is 18.2. The number of aliphatic imine (C=N–C) groups is 1. The Morgan fingerprint density at radius 1 is 1.17 bits per heavy atom. The Morgan fingerprint density at radius 3 is 2.57 bits per heavy atom. The van der Waals surface area contributed by atoms with E-state index in [2.05, 4.69) is 46.8 Å². The van der Waals surface area contributed by atoms with E-state index in [1.807, 2.05) is 24.1 Å². The van der Waals surface area contributed by atoms with Crippen molar-refractivity contribution in [3.63, 3.8) is 0 Å². The summed E-state index contributed by atoms with van der Waals surface area (Å²) in [4.78, 5) is 6.45. The Bertz CT molecular complexity index is 821. The first-order chi connectivity index (χ1) is 14.5. The SMILES string of the molecule is CN=C(NCC1(NC(C)c2ccccc2)CCOCC1)N(C)Cc1cccc(F)c1. The third-order valence-electron chi connectivity index (χ3n) is 5.74. The summed E-state index contributed by atoms with van der Waals surface area (Å²) in [5.41, 5.74) is 2.11. The highest BCUT2D eigenvalue weighted by molar-refractivity contribution is 5.79. The number of hydrogen-bond donors (Lipinski definition) is 2. The van der Waals surface area contributed by atoms with Gasteiger partial charge >= 0.3 is 0 Å². The van der Waals surface area contributed by atoms with Gasteiger partial charge in [-0.05, 0) is 43.0 Å². The van der Waals surface area contributed by atoms with Gasteiger partial charge in [-0.15, -0.1) is 0 Å². The molecule has 0 bridgehead atoms. The molecule has 2 aromatic rings. The predicted molar refractivity (Wildman–Crippen MR) is 120 cm³/mol. The first-order valence-electron chi connectivity index (χ1n) is 10.6. The van der Waals surface area contributed by atoms with E-state index in [9.17, 15) is 4.39 Å². The highest BCUT2D eigenvalue weighted by Gasteiger charge is 2.34. The highest BCUT2D eigenvalue weighted by Crippen LogP contribution is 2.25. The zero-order valence-electron chi connectivity index (χ0n) is 18.2. The smallest absolute Gasteiger partial charge is 0.193 e. The van der Waals surface area contributed by atoms with E-state index in [0.29, 0.717) is 6.54 Å². The van der Waals surface area contributed by atoms with Gasteiger partial charge in [0.05, 0.1) is 0 Å². The summed E-state index contributed by atoms with van der Waals surface area (Å²) in [7, 11) is 3.75. The van der Waals surface area contributed by atoms with E-state index in [0.717, 1.165) is 44.1 Å². The van der Waals surface area contributed by atoms with Crippen LogP contribution in [0.1, 0.15) is 36.9 Å². The van der Waals surface area contributed by atoms with Gasteiger partial charge in [0, 0.05) is 52.0 Å². The van der Waals surface area contributed by atoms with E-state index in [-0.39, 0.29) is 17.4 Å². The zero-order chi connectivity index (χ0) is 21.4. The third kappa shape index (κ3) is 6.03. The van der Waals surface area contributed by atoms with Crippen LogP contribution in [0.25, 0.3) is 0 Å². The molecule has 1 aliphatic rings. The third-order valence-corrected chi connectivity index (χ3v) is 5.74. The predicted octanol–water partition coefficient (Wildman–Crippen LogP) is 3.73. The van der Waals surface area contributed by atoms with E-state index in [1.165, 1.54) is 11.6 Å². The molecule has 0 saturated carbocycles. The van der Waals surface area contributed by atoms with E-state index >= 15 is 0 Å². The van der Waals surface area contributed by atoms with Crippen LogP contribution in [-0.4, -0.2) is 50.3 Å². The summed E-state index contributed by atoms with van der Waals surface area (Å²) in [5, 5.41) is 7.39. The summed E-state index contributed by atoms with van der Waals surface area (Å²) < 4.78 is 19.2. The van der Waals surface area contributed by atoms with Gasteiger partial charge < -0.3 is 20.3 Å². The minimum absolute atomic E-state index is 0.0802. The van der Waals surface area contributed by atoms with Crippen molar-refractivity contribution in [1.29, 1.82) is 0 Å². The van der Waals surface area contributed by atoms with Crippen LogP contribution in [0.15, 0.2) is 59.6 Å². The van der Waals surface area contributed by atoms with Crippen molar-refractivity contribution in [2.75, 3.05) is 33.9 Å². The molecule has 1 fully saturated rings. The molecule has 1 saturated heterocycles. The number of nitrogens with one attached hydrogen (secondary N) is 2. The van der Waals surface area contributed by atoms with Gasteiger partial charge in [-0.1, -0.05) is 42.5 Å². The average molecular weight is 413 g/mol. The molecule has 0 radical (unpaired) electrons. The van der Waals surface area contributed by atoms with Gasteiger partial charge in [-0.3, -0.25) is 4.99 Å². The molecule has 6 heteroatoms. The van der Waals surface area contributed by atoms with Crippen molar-refractivity contribution < 1.29 is 9.13 Å². The summed E-state index contributed by atoms with van der Waals surface area (Å²) in [5.74, 6) is 0.573. The Balaban J connectivity index is 1.65. The quantitative estimate of drug-likeness (QED) is 0.537. The summed E-state index contributed by atoms with van der Waals surface area (Å²) in [6.45, 7) is 5.02. The van der Waals surface area contributed by atoms with Crippen LogP contribution < -0.4 is 10.6 Å². The Labute approximate surface area is 179 Å². The summed E-state index contributed by atoms with van der Waals surface area (Å²) in [6.07, 6.45) is 1.86. The van der Waals surface area contributed by atoms with Crippen LogP contribution in [-0.2, 0) is 11.3 Å². The maximum Gasteiger partial charge on any atom is 0.193 e. The molecule has 1 heterocycles. The average Bonchev–Trinajstić information content (AvgIpc) is 2.75. The minimum atomic E-state index is -0.218. The molecule has 3 rings (SSSR count). The Kier molecular flexibility index (Phi) is 7.82. The molecule has 1 unspecified atom stereocenters. The molecule has 162 valence electrons. The minimum Gasteiger partial charge on any atom is -0.381 e. The lowest BCUT2D eigenvalue weighted by atomic mass is 9.88. The van der Waals surface area contributed by atoms with Gasteiger partial charge in [-0.2, -0.15) is 0 Å². The van der Waals surface area contributed by atoms with Gasteiger partial charge in [-0.25, -0.2) is 4.39 Å². The van der Waals surface area contributed by atoms with Crippen LogP contribution in [0.4, 0.5) is 4.39 Å². The number of halogens is 1. The van der Waals surface area contributed by atoms with Crippen LogP contribution in [0, 0.1) is 5.82 Å². The maximum atomic E-state index is 13.5. The lowest BCUT2D eigenvalue weighted by Crippen LogP contribution is -2.58. The van der Waals surface area contributed by atoms with Gasteiger partial charge in [0.15, 0.2) is 5.96 Å². The fraction of sp³-hybridized carbons (Fsp3) is 0.458. The Hall–Kier alpha value is -2.44. The molecular weight excluding hydrogens is 379 g/mol. The van der Waals surface area contributed by atoms with Gasteiger partial charge in [0.25, 0.3) is 0 Å². The largest absolute Gasteiger partial charge is 0.381 e. The monoisotopic (exact) mass is 412 g/mol. The lowest BCUT2D eigenvalue weighted by Gasteiger charge is -2.41. The molecule has 0 amide bonds. The van der Waals surface area contributed by atoms with Crippen LogP contribution >= 0.6 is 0 Å². The topological polar surface area (TPSA) is 48.9 Å². The van der Waals surface area contributed by atoms with Crippen LogP contribution in [0.5, 0.6) is 0 Å². The van der Waals surface area contributed by atoms with Crippen molar-refractivity contribution >= 4 is 5.96 Å². The number of hydrogen-bond acceptors (Lipinski definition) is 3. The fourth-order valence-corrected chi connectivity index (χ4v) is 4.04. The molecule has 2 N–H and O–H groups in total. The summed E-state index contributed by atoms with van der Waals surface area (Å²) >= 11 is 0. The van der Waals surface area contributed by atoms with Gasteiger partial charge in [0.1, 0.15) is 5.82 Å². The summed E-state index contributed by atoms with van der Waals surface area (Å²) in [6, 6.07) is 17.4. The molecule has 30 heavy (non-hydrogen) atoms. The number of benzene rings is 2.